The molecule has 0 spiro atoms. The van der Waals surface area contributed by atoms with Crippen molar-refractivity contribution in [1.29, 1.82) is 0 Å². The van der Waals surface area contributed by atoms with Gasteiger partial charge in [-0.15, -0.1) is 0 Å². The molecule has 5 nitrogen and oxygen atoms in total. The molecule has 0 saturated carbocycles. The van der Waals surface area contributed by atoms with Crippen molar-refractivity contribution in [3.8, 4) is 0 Å². The van der Waals surface area contributed by atoms with Crippen molar-refractivity contribution in [3.63, 3.8) is 0 Å². The molecule has 2 N–H and O–H groups in total. The standard InChI is InChI=1S/C23H20N4O/c1-15-8-9-19(13-16(15)2)26-21-14-18(10-12-24-21)23(28)27-20-7-3-5-17-6-4-11-25-22(17)20/h3-14H,1-2H3,(H,24,26)(H,27,28). The number of fused-ring (bicyclic) bond motifs is 1. The Morgan fingerprint density at radius 3 is 2.57 bits per heavy atom. The van der Waals surface area contributed by atoms with Crippen LogP contribution >= 0.6 is 0 Å². The van der Waals surface area contributed by atoms with Gasteiger partial charge in [-0.1, -0.05) is 24.3 Å². The van der Waals surface area contributed by atoms with Crippen LogP contribution in [0.3, 0.4) is 0 Å². The molecule has 28 heavy (non-hydrogen) atoms. The molecular weight excluding hydrogens is 348 g/mol. The topological polar surface area (TPSA) is 66.9 Å². The Hall–Kier alpha value is -3.73. The number of hydrogen-bond donors (Lipinski definition) is 2. The van der Waals surface area contributed by atoms with E-state index in [9.17, 15) is 4.79 Å². The Kier molecular flexibility index (Phi) is 4.72. The molecule has 2 aromatic carbocycles. The van der Waals surface area contributed by atoms with Crippen molar-refractivity contribution in [2.24, 2.45) is 0 Å². The fourth-order valence-corrected chi connectivity index (χ4v) is 3.01. The van der Waals surface area contributed by atoms with Gasteiger partial charge in [0.2, 0.25) is 0 Å². The molecule has 1 amide bonds. The minimum atomic E-state index is -0.205. The monoisotopic (exact) mass is 368 g/mol. The Labute approximate surface area is 163 Å². The fourth-order valence-electron chi connectivity index (χ4n) is 3.01. The average Bonchev–Trinajstić information content (AvgIpc) is 2.71. The minimum absolute atomic E-state index is 0.205. The van der Waals surface area contributed by atoms with Crippen LogP contribution in [0.5, 0.6) is 0 Å². The summed E-state index contributed by atoms with van der Waals surface area (Å²) in [6.45, 7) is 4.14. The number of nitrogens with zero attached hydrogens (tertiary/aromatic N) is 2. The van der Waals surface area contributed by atoms with Crippen LogP contribution in [0.4, 0.5) is 17.2 Å². The Balaban J connectivity index is 1.56. The number of hydrogen-bond acceptors (Lipinski definition) is 4. The number of pyridine rings is 2. The van der Waals surface area contributed by atoms with Crippen molar-refractivity contribution < 1.29 is 4.79 Å². The lowest BCUT2D eigenvalue weighted by Gasteiger charge is -2.10. The maximum atomic E-state index is 12.8. The summed E-state index contributed by atoms with van der Waals surface area (Å²) in [5.74, 6) is 0.413. The maximum Gasteiger partial charge on any atom is 0.255 e. The molecule has 0 radical (unpaired) electrons. The summed E-state index contributed by atoms with van der Waals surface area (Å²) in [6, 6.07) is 19.1. The Morgan fingerprint density at radius 1 is 0.857 bits per heavy atom. The molecule has 4 aromatic rings. The van der Waals surface area contributed by atoms with Gasteiger partial charge in [-0.05, 0) is 61.4 Å². The van der Waals surface area contributed by atoms with E-state index in [4.69, 9.17) is 0 Å². The predicted octanol–water partition coefficient (Wildman–Crippen LogP) is 5.24. The van der Waals surface area contributed by atoms with Gasteiger partial charge in [0.05, 0.1) is 11.2 Å². The van der Waals surface area contributed by atoms with Crippen LogP contribution in [-0.2, 0) is 0 Å². The van der Waals surface area contributed by atoms with Crippen LogP contribution in [0.2, 0.25) is 0 Å². The van der Waals surface area contributed by atoms with E-state index in [0.717, 1.165) is 16.6 Å². The SMILES string of the molecule is Cc1ccc(Nc2cc(C(=O)Nc3cccc4cccnc34)ccn2)cc1C. The first-order chi connectivity index (χ1) is 13.6. The first-order valence-electron chi connectivity index (χ1n) is 9.05. The van der Waals surface area contributed by atoms with Crippen LogP contribution in [-0.4, -0.2) is 15.9 Å². The van der Waals surface area contributed by atoms with E-state index in [2.05, 4.69) is 46.6 Å². The van der Waals surface area contributed by atoms with Gasteiger partial charge in [0.15, 0.2) is 0 Å². The molecule has 4 rings (SSSR count). The quantitative estimate of drug-likeness (QED) is 0.517. The lowest BCUT2D eigenvalue weighted by Crippen LogP contribution is -2.13. The van der Waals surface area contributed by atoms with Crippen LogP contribution in [0, 0.1) is 13.8 Å². The van der Waals surface area contributed by atoms with E-state index in [1.165, 1.54) is 11.1 Å². The third-order valence-electron chi connectivity index (χ3n) is 4.68. The molecule has 0 aliphatic carbocycles. The molecule has 0 aliphatic rings. The number of carbonyl (C=O) groups excluding carboxylic acids is 1. The van der Waals surface area contributed by atoms with Gasteiger partial charge in [-0.3, -0.25) is 9.78 Å². The number of aromatic nitrogens is 2. The van der Waals surface area contributed by atoms with Gasteiger partial charge >= 0.3 is 0 Å². The smallest absolute Gasteiger partial charge is 0.255 e. The summed E-state index contributed by atoms with van der Waals surface area (Å²) in [5.41, 5.74) is 5.34. The first-order valence-corrected chi connectivity index (χ1v) is 9.05. The number of rotatable bonds is 4. The lowest BCUT2D eigenvalue weighted by atomic mass is 10.1. The molecule has 2 aromatic heterocycles. The Morgan fingerprint density at radius 2 is 1.71 bits per heavy atom. The van der Waals surface area contributed by atoms with E-state index in [1.807, 2.05) is 36.4 Å². The fraction of sp³-hybridized carbons (Fsp3) is 0.0870. The van der Waals surface area contributed by atoms with Gasteiger partial charge in [-0.2, -0.15) is 0 Å². The molecule has 5 heteroatoms. The third-order valence-corrected chi connectivity index (χ3v) is 4.68. The number of carbonyl (C=O) groups is 1. The first kappa shape index (κ1) is 17.7. The third kappa shape index (κ3) is 3.69. The van der Waals surface area contributed by atoms with Crippen molar-refractivity contribution in [1.82, 2.24) is 9.97 Å². The number of nitrogens with one attached hydrogen (secondary N) is 2. The summed E-state index contributed by atoms with van der Waals surface area (Å²) in [7, 11) is 0. The minimum Gasteiger partial charge on any atom is -0.340 e. The number of para-hydroxylation sites is 1. The van der Waals surface area contributed by atoms with Gasteiger partial charge in [0.1, 0.15) is 5.82 Å². The van der Waals surface area contributed by atoms with E-state index < -0.39 is 0 Å². The summed E-state index contributed by atoms with van der Waals surface area (Å²) in [4.78, 5) is 21.5. The predicted molar refractivity (Wildman–Crippen MR) is 113 cm³/mol. The largest absolute Gasteiger partial charge is 0.340 e. The van der Waals surface area contributed by atoms with E-state index >= 15 is 0 Å². The van der Waals surface area contributed by atoms with Crippen molar-refractivity contribution >= 4 is 34.0 Å². The number of aryl methyl sites for hydroxylation is 2. The van der Waals surface area contributed by atoms with Crippen molar-refractivity contribution in [2.45, 2.75) is 13.8 Å². The van der Waals surface area contributed by atoms with E-state index in [1.54, 1.807) is 24.5 Å². The van der Waals surface area contributed by atoms with Crippen LogP contribution in [0.25, 0.3) is 10.9 Å². The van der Waals surface area contributed by atoms with E-state index in [-0.39, 0.29) is 5.91 Å². The zero-order valence-corrected chi connectivity index (χ0v) is 15.7. The second kappa shape index (κ2) is 7.48. The van der Waals surface area contributed by atoms with Crippen LogP contribution in [0.1, 0.15) is 21.5 Å². The van der Waals surface area contributed by atoms with Crippen LogP contribution < -0.4 is 10.6 Å². The van der Waals surface area contributed by atoms with Crippen LogP contribution in [0.15, 0.2) is 73.1 Å². The zero-order valence-electron chi connectivity index (χ0n) is 15.7. The number of amides is 1. The number of benzene rings is 2. The summed E-state index contributed by atoms with van der Waals surface area (Å²) in [5, 5.41) is 7.19. The summed E-state index contributed by atoms with van der Waals surface area (Å²) < 4.78 is 0. The lowest BCUT2D eigenvalue weighted by molar-refractivity contribution is 0.102. The highest BCUT2D eigenvalue weighted by Crippen LogP contribution is 2.22. The molecule has 138 valence electrons. The van der Waals surface area contributed by atoms with Gasteiger partial charge in [-0.25, -0.2) is 4.98 Å². The normalized spacial score (nSPS) is 10.6. The number of anilines is 3. The second-order valence-electron chi connectivity index (χ2n) is 6.69. The highest BCUT2D eigenvalue weighted by atomic mass is 16.1. The second-order valence-corrected chi connectivity index (χ2v) is 6.69. The van der Waals surface area contributed by atoms with Gasteiger partial charge in [0, 0.05) is 29.0 Å². The molecular formula is C23H20N4O. The van der Waals surface area contributed by atoms with Crippen molar-refractivity contribution in [3.05, 3.63) is 89.7 Å². The molecule has 0 aliphatic heterocycles. The van der Waals surface area contributed by atoms with E-state index in [0.29, 0.717) is 17.1 Å². The Bertz CT molecular complexity index is 1160. The molecule has 0 saturated heterocycles. The highest BCUT2D eigenvalue weighted by Gasteiger charge is 2.10. The maximum absolute atomic E-state index is 12.8. The molecule has 0 fully saturated rings. The molecule has 0 unspecified atom stereocenters. The summed E-state index contributed by atoms with van der Waals surface area (Å²) >= 11 is 0. The molecule has 2 heterocycles. The highest BCUT2D eigenvalue weighted by molar-refractivity contribution is 6.08. The molecule has 0 atom stereocenters. The van der Waals surface area contributed by atoms with Gasteiger partial charge < -0.3 is 10.6 Å². The van der Waals surface area contributed by atoms with Gasteiger partial charge in [0.25, 0.3) is 5.91 Å². The van der Waals surface area contributed by atoms with Crippen molar-refractivity contribution in [2.75, 3.05) is 10.6 Å². The summed E-state index contributed by atoms with van der Waals surface area (Å²) in [6.07, 6.45) is 3.34. The zero-order chi connectivity index (χ0) is 19.5. The molecule has 0 bridgehead atoms. The average molecular weight is 368 g/mol.